The standard InChI is InChI=1S/C22H15ClN2O4S/c1-3-10-25-22(27)17-9-8-14(12-19(17)30(25,28)29)21(26)24-20-13(2)11-18(23)15-6-4-5-7-16(15)20/h1,4-9,11-12H,10H2,2H3,(H,24,26). The van der Waals surface area contributed by atoms with Crippen molar-refractivity contribution >= 4 is 49.9 Å². The largest absolute Gasteiger partial charge is 0.321 e. The first-order valence-corrected chi connectivity index (χ1v) is 10.7. The molecule has 0 aromatic heterocycles. The SMILES string of the molecule is C#CCN1C(=O)c2ccc(C(=O)Nc3c(C)cc(Cl)c4ccccc34)cc2S1(=O)=O. The number of benzene rings is 3. The molecule has 6 nitrogen and oxygen atoms in total. The van der Waals surface area contributed by atoms with Gasteiger partial charge < -0.3 is 5.32 Å². The van der Waals surface area contributed by atoms with Crippen molar-refractivity contribution < 1.29 is 18.0 Å². The minimum absolute atomic E-state index is 0.00470. The van der Waals surface area contributed by atoms with Crippen LogP contribution in [0.1, 0.15) is 26.3 Å². The number of amides is 2. The molecule has 4 rings (SSSR count). The smallest absolute Gasteiger partial charge is 0.269 e. The van der Waals surface area contributed by atoms with E-state index in [1.807, 2.05) is 31.2 Å². The van der Waals surface area contributed by atoms with Crippen LogP contribution in [-0.2, 0) is 10.0 Å². The summed E-state index contributed by atoms with van der Waals surface area (Å²) in [5.41, 5.74) is 1.44. The molecule has 0 unspecified atom stereocenters. The normalized spacial score (nSPS) is 14.4. The van der Waals surface area contributed by atoms with Gasteiger partial charge in [-0.1, -0.05) is 41.8 Å². The summed E-state index contributed by atoms with van der Waals surface area (Å²) in [4.78, 5) is 25.0. The fourth-order valence-electron chi connectivity index (χ4n) is 3.47. The highest BCUT2D eigenvalue weighted by Gasteiger charge is 2.41. The van der Waals surface area contributed by atoms with Gasteiger partial charge in [0.1, 0.15) is 4.90 Å². The molecule has 8 heteroatoms. The number of anilines is 1. The molecule has 1 heterocycles. The number of aryl methyl sites for hydroxylation is 1. The molecule has 0 radical (unpaired) electrons. The second kappa shape index (κ2) is 7.17. The number of fused-ring (bicyclic) bond motifs is 2. The molecule has 0 spiro atoms. The Morgan fingerprint density at radius 3 is 2.57 bits per heavy atom. The van der Waals surface area contributed by atoms with Crippen molar-refractivity contribution in [1.82, 2.24) is 4.31 Å². The molecular weight excluding hydrogens is 424 g/mol. The van der Waals surface area contributed by atoms with Crippen molar-refractivity contribution in [1.29, 1.82) is 0 Å². The Balaban J connectivity index is 1.75. The van der Waals surface area contributed by atoms with E-state index < -0.39 is 21.8 Å². The number of carbonyl (C=O) groups excluding carboxylic acids is 2. The Morgan fingerprint density at radius 1 is 1.17 bits per heavy atom. The summed E-state index contributed by atoms with van der Waals surface area (Å²) in [6.07, 6.45) is 5.18. The van der Waals surface area contributed by atoms with Crippen LogP contribution in [0.15, 0.2) is 53.4 Å². The summed E-state index contributed by atoms with van der Waals surface area (Å²) < 4.78 is 25.9. The topological polar surface area (TPSA) is 83.6 Å². The third-order valence-corrected chi connectivity index (χ3v) is 7.01. The van der Waals surface area contributed by atoms with Gasteiger partial charge in [0.2, 0.25) is 0 Å². The lowest BCUT2D eigenvalue weighted by molar-refractivity contribution is 0.0881. The molecular formula is C22H15ClN2O4S. The predicted molar refractivity (Wildman–Crippen MR) is 115 cm³/mol. The summed E-state index contributed by atoms with van der Waals surface area (Å²) in [5.74, 6) is 0.957. The van der Waals surface area contributed by atoms with E-state index >= 15 is 0 Å². The first-order valence-electron chi connectivity index (χ1n) is 8.89. The van der Waals surface area contributed by atoms with Gasteiger partial charge >= 0.3 is 0 Å². The molecule has 150 valence electrons. The highest BCUT2D eigenvalue weighted by atomic mass is 35.5. The van der Waals surface area contributed by atoms with E-state index in [0.717, 1.165) is 16.3 Å². The van der Waals surface area contributed by atoms with Gasteiger partial charge in [-0.25, -0.2) is 12.7 Å². The molecule has 0 saturated heterocycles. The van der Waals surface area contributed by atoms with Crippen LogP contribution in [0.5, 0.6) is 0 Å². The molecule has 0 atom stereocenters. The third-order valence-electron chi connectivity index (χ3n) is 4.93. The van der Waals surface area contributed by atoms with Crippen molar-refractivity contribution in [3.8, 4) is 12.3 Å². The number of halogens is 1. The molecule has 1 N–H and O–H groups in total. The second-order valence-corrected chi connectivity index (χ2v) is 9.02. The maximum absolute atomic E-state index is 12.9. The van der Waals surface area contributed by atoms with Crippen molar-refractivity contribution in [2.45, 2.75) is 11.8 Å². The minimum Gasteiger partial charge on any atom is -0.321 e. The molecule has 0 saturated carbocycles. The summed E-state index contributed by atoms with van der Waals surface area (Å²) in [6, 6.07) is 13.1. The molecule has 2 amide bonds. The van der Waals surface area contributed by atoms with E-state index in [4.69, 9.17) is 18.0 Å². The second-order valence-electron chi connectivity index (χ2n) is 6.78. The van der Waals surface area contributed by atoms with E-state index in [1.165, 1.54) is 18.2 Å². The summed E-state index contributed by atoms with van der Waals surface area (Å²) in [6.45, 7) is 1.45. The average molecular weight is 439 g/mol. The monoisotopic (exact) mass is 438 g/mol. The fraction of sp³-hybridized carbons (Fsp3) is 0.0909. The van der Waals surface area contributed by atoms with Gasteiger partial charge in [-0.3, -0.25) is 9.59 Å². The summed E-state index contributed by atoms with van der Waals surface area (Å²) >= 11 is 6.31. The number of terminal acetylenes is 1. The van der Waals surface area contributed by atoms with Crippen LogP contribution >= 0.6 is 11.6 Å². The number of nitrogens with one attached hydrogen (secondary N) is 1. The molecule has 3 aromatic rings. The van der Waals surface area contributed by atoms with Crippen LogP contribution in [-0.4, -0.2) is 31.1 Å². The number of hydrogen-bond donors (Lipinski definition) is 1. The average Bonchev–Trinajstić information content (AvgIpc) is 2.91. The first-order chi connectivity index (χ1) is 14.3. The number of carbonyl (C=O) groups is 2. The van der Waals surface area contributed by atoms with E-state index in [1.54, 1.807) is 6.07 Å². The van der Waals surface area contributed by atoms with Crippen molar-refractivity contribution in [3.63, 3.8) is 0 Å². The number of sulfonamides is 1. The van der Waals surface area contributed by atoms with Crippen molar-refractivity contribution in [3.05, 3.63) is 70.2 Å². The van der Waals surface area contributed by atoms with Crippen LogP contribution in [0.2, 0.25) is 5.02 Å². The van der Waals surface area contributed by atoms with E-state index in [2.05, 4.69) is 11.2 Å². The Bertz CT molecular complexity index is 1390. The molecule has 0 aliphatic carbocycles. The molecule has 0 bridgehead atoms. The van der Waals surface area contributed by atoms with E-state index in [-0.39, 0.29) is 22.6 Å². The third kappa shape index (κ3) is 3.02. The molecule has 3 aromatic carbocycles. The zero-order chi connectivity index (χ0) is 21.6. The minimum atomic E-state index is -4.09. The maximum atomic E-state index is 12.9. The molecule has 1 aliphatic heterocycles. The van der Waals surface area contributed by atoms with E-state index in [9.17, 15) is 18.0 Å². The van der Waals surface area contributed by atoms with Gasteiger partial charge in [0.15, 0.2) is 0 Å². The number of rotatable bonds is 3. The van der Waals surface area contributed by atoms with Crippen molar-refractivity contribution in [2.24, 2.45) is 0 Å². The highest BCUT2D eigenvalue weighted by molar-refractivity contribution is 7.90. The Hall–Kier alpha value is -3.34. The van der Waals surface area contributed by atoms with Gasteiger partial charge in [-0.15, -0.1) is 6.42 Å². The Kier molecular flexibility index (Phi) is 4.77. The number of nitrogens with zero attached hydrogens (tertiary/aromatic N) is 1. The summed E-state index contributed by atoms with van der Waals surface area (Å²) in [5, 5.41) is 4.95. The molecule has 1 aliphatic rings. The zero-order valence-corrected chi connectivity index (χ0v) is 17.3. The number of hydrogen-bond acceptors (Lipinski definition) is 4. The lowest BCUT2D eigenvalue weighted by atomic mass is 10.0. The Labute approximate surface area is 178 Å². The van der Waals surface area contributed by atoms with Gasteiger partial charge in [-0.05, 0) is 36.8 Å². The van der Waals surface area contributed by atoms with Gasteiger partial charge in [0.05, 0.1) is 17.8 Å². The van der Waals surface area contributed by atoms with Crippen LogP contribution in [0.3, 0.4) is 0 Å². The lowest BCUT2D eigenvalue weighted by Crippen LogP contribution is -2.30. The van der Waals surface area contributed by atoms with Crippen LogP contribution in [0.25, 0.3) is 10.8 Å². The van der Waals surface area contributed by atoms with Gasteiger partial charge in [0, 0.05) is 21.4 Å². The summed E-state index contributed by atoms with van der Waals surface area (Å²) in [7, 11) is -4.09. The molecule has 30 heavy (non-hydrogen) atoms. The van der Waals surface area contributed by atoms with Crippen LogP contribution < -0.4 is 5.32 Å². The van der Waals surface area contributed by atoms with Crippen LogP contribution in [0, 0.1) is 19.3 Å². The first kappa shape index (κ1) is 20.0. The zero-order valence-electron chi connectivity index (χ0n) is 15.8. The maximum Gasteiger partial charge on any atom is 0.269 e. The fourth-order valence-corrected chi connectivity index (χ4v) is 5.31. The van der Waals surface area contributed by atoms with Gasteiger partial charge in [0.25, 0.3) is 21.8 Å². The Morgan fingerprint density at radius 2 is 1.87 bits per heavy atom. The quantitative estimate of drug-likeness (QED) is 0.630. The van der Waals surface area contributed by atoms with Gasteiger partial charge in [-0.2, -0.15) is 0 Å². The highest BCUT2D eigenvalue weighted by Crippen LogP contribution is 2.34. The van der Waals surface area contributed by atoms with Crippen molar-refractivity contribution in [2.75, 3.05) is 11.9 Å². The molecule has 0 fully saturated rings. The lowest BCUT2D eigenvalue weighted by Gasteiger charge is -2.14. The predicted octanol–water partition coefficient (Wildman–Crippen LogP) is 3.83. The van der Waals surface area contributed by atoms with Crippen LogP contribution in [0.4, 0.5) is 5.69 Å². The van der Waals surface area contributed by atoms with E-state index in [0.29, 0.717) is 15.0 Å².